The lowest BCUT2D eigenvalue weighted by atomic mass is 10.1. The molecule has 1 amide bonds. The van der Waals surface area contributed by atoms with Crippen molar-refractivity contribution >= 4 is 62.9 Å². The zero-order chi connectivity index (χ0) is 22.4. The second-order valence-electron chi connectivity index (χ2n) is 6.69. The summed E-state index contributed by atoms with van der Waals surface area (Å²) in [6, 6.07) is 19.4. The van der Waals surface area contributed by atoms with Crippen LogP contribution in [0.5, 0.6) is 5.75 Å². The molecule has 31 heavy (non-hydrogen) atoms. The summed E-state index contributed by atoms with van der Waals surface area (Å²) in [5.74, 6) is -0.160. The SMILES string of the molecule is Cc1cccc(NC(=O)/C(C#N)=C\c2cc(I)c(OCc3ccccc3F)c(I)c2)c1. The van der Waals surface area contributed by atoms with Crippen LogP contribution < -0.4 is 10.1 Å². The average molecular weight is 638 g/mol. The van der Waals surface area contributed by atoms with Crippen molar-refractivity contribution in [2.45, 2.75) is 13.5 Å². The maximum Gasteiger partial charge on any atom is 0.266 e. The molecule has 0 fully saturated rings. The molecule has 1 N–H and O–H groups in total. The normalized spacial score (nSPS) is 11.0. The minimum atomic E-state index is -0.474. The number of amides is 1. The van der Waals surface area contributed by atoms with Gasteiger partial charge in [-0.1, -0.05) is 30.3 Å². The van der Waals surface area contributed by atoms with Crippen molar-refractivity contribution in [2.75, 3.05) is 5.32 Å². The van der Waals surface area contributed by atoms with Crippen molar-refractivity contribution in [1.29, 1.82) is 5.26 Å². The van der Waals surface area contributed by atoms with Gasteiger partial charge in [0.15, 0.2) is 0 Å². The smallest absolute Gasteiger partial charge is 0.266 e. The highest BCUT2D eigenvalue weighted by molar-refractivity contribution is 14.1. The van der Waals surface area contributed by atoms with Gasteiger partial charge in [-0.3, -0.25) is 4.79 Å². The number of hydrogen-bond donors (Lipinski definition) is 1. The van der Waals surface area contributed by atoms with Crippen molar-refractivity contribution in [3.63, 3.8) is 0 Å². The summed E-state index contributed by atoms with van der Waals surface area (Å²) in [6.45, 7) is 2.03. The van der Waals surface area contributed by atoms with Crippen LogP contribution in [-0.4, -0.2) is 5.91 Å². The Bertz CT molecular complexity index is 1180. The molecular formula is C24H17FI2N2O2. The Morgan fingerprint density at radius 3 is 2.48 bits per heavy atom. The van der Waals surface area contributed by atoms with Crippen molar-refractivity contribution in [3.05, 3.63) is 95.9 Å². The number of hydrogen-bond acceptors (Lipinski definition) is 3. The summed E-state index contributed by atoms with van der Waals surface area (Å²) in [7, 11) is 0. The molecule has 156 valence electrons. The largest absolute Gasteiger partial charge is 0.487 e. The van der Waals surface area contributed by atoms with Crippen LogP contribution in [0.2, 0.25) is 0 Å². The van der Waals surface area contributed by atoms with E-state index in [1.165, 1.54) is 12.1 Å². The molecule has 7 heteroatoms. The molecule has 0 heterocycles. The van der Waals surface area contributed by atoms with E-state index in [9.17, 15) is 14.4 Å². The van der Waals surface area contributed by atoms with E-state index in [4.69, 9.17) is 4.74 Å². The van der Waals surface area contributed by atoms with E-state index in [2.05, 4.69) is 50.5 Å². The molecule has 0 saturated carbocycles. The molecule has 0 aromatic heterocycles. The van der Waals surface area contributed by atoms with Gasteiger partial charge < -0.3 is 10.1 Å². The van der Waals surface area contributed by atoms with Crippen LogP contribution in [-0.2, 0) is 11.4 Å². The monoisotopic (exact) mass is 638 g/mol. The number of rotatable bonds is 6. The third-order valence-corrected chi connectivity index (χ3v) is 5.91. The summed E-state index contributed by atoms with van der Waals surface area (Å²) >= 11 is 4.25. The Labute approximate surface area is 207 Å². The van der Waals surface area contributed by atoms with Crippen LogP contribution in [0.25, 0.3) is 6.08 Å². The third kappa shape index (κ3) is 6.27. The van der Waals surface area contributed by atoms with Crippen LogP contribution >= 0.6 is 45.2 Å². The van der Waals surface area contributed by atoms with Crippen LogP contribution in [0.4, 0.5) is 10.1 Å². The Morgan fingerprint density at radius 1 is 1.13 bits per heavy atom. The highest BCUT2D eigenvalue weighted by Crippen LogP contribution is 2.31. The van der Waals surface area contributed by atoms with Gasteiger partial charge in [0.05, 0.1) is 7.14 Å². The topological polar surface area (TPSA) is 62.1 Å². The van der Waals surface area contributed by atoms with Gasteiger partial charge in [0.2, 0.25) is 0 Å². The number of nitriles is 1. The quantitative estimate of drug-likeness (QED) is 0.192. The van der Waals surface area contributed by atoms with Crippen molar-refractivity contribution < 1.29 is 13.9 Å². The summed E-state index contributed by atoms with van der Waals surface area (Å²) in [6.07, 6.45) is 1.54. The molecular weight excluding hydrogens is 621 g/mol. The molecule has 3 rings (SSSR count). The second kappa shape index (κ2) is 10.7. The van der Waals surface area contributed by atoms with E-state index in [0.29, 0.717) is 22.6 Å². The Hall–Kier alpha value is -2.45. The molecule has 0 radical (unpaired) electrons. The highest BCUT2D eigenvalue weighted by atomic mass is 127. The van der Waals surface area contributed by atoms with E-state index < -0.39 is 5.91 Å². The lowest BCUT2D eigenvalue weighted by Crippen LogP contribution is -2.13. The van der Waals surface area contributed by atoms with E-state index in [1.54, 1.807) is 24.3 Å². The minimum absolute atomic E-state index is 0.00636. The summed E-state index contributed by atoms with van der Waals surface area (Å²) < 4.78 is 21.3. The number of anilines is 1. The number of ether oxygens (including phenoxy) is 1. The number of halogens is 3. The predicted octanol–water partition coefficient (Wildman–Crippen LogP) is 6.47. The first-order valence-electron chi connectivity index (χ1n) is 9.22. The molecule has 0 saturated heterocycles. The first-order chi connectivity index (χ1) is 14.9. The van der Waals surface area contributed by atoms with E-state index >= 15 is 0 Å². The number of carbonyl (C=O) groups excluding carboxylic acids is 1. The van der Waals surface area contributed by atoms with E-state index in [1.807, 2.05) is 43.3 Å². The van der Waals surface area contributed by atoms with Gasteiger partial charge in [0, 0.05) is 11.3 Å². The maximum atomic E-state index is 13.8. The lowest BCUT2D eigenvalue weighted by Gasteiger charge is -2.12. The molecule has 0 spiro atoms. The Morgan fingerprint density at radius 2 is 1.84 bits per heavy atom. The molecule has 0 atom stereocenters. The van der Waals surface area contributed by atoms with E-state index in [-0.39, 0.29) is 18.0 Å². The second-order valence-corrected chi connectivity index (χ2v) is 9.01. The maximum absolute atomic E-state index is 13.8. The lowest BCUT2D eigenvalue weighted by molar-refractivity contribution is -0.112. The van der Waals surface area contributed by atoms with Crippen LogP contribution in [0.1, 0.15) is 16.7 Å². The summed E-state index contributed by atoms with van der Waals surface area (Å²) in [5.41, 5.74) is 2.80. The average Bonchev–Trinajstić information content (AvgIpc) is 2.72. The van der Waals surface area contributed by atoms with Gasteiger partial charge in [0.25, 0.3) is 5.91 Å². The van der Waals surface area contributed by atoms with Crippen LogP contribution in [0, 0.1) is 31.2 Å². The highest BCUT2D eigenvalue weighted by Gasteiger charge is 2.13. The number of aryl methyl sites for hydroxylation is 1. The molecule has 0 bridgehead atoms. The number of benzene rings is 3. The number of nitrogens with one attached hydrogen (secondary N) is 1. The third-order valence-electron chi connectivity index (χ3n) is 4.30. The van der Waals surface area contributed by atoms with Gasteiger partial charge in [-0.2, -0.15) is 5.26 Å². The molecule has 0 aliphatic heterocycles. The van der Waals surface area contributed by atoms with Gasteiger partial charge in [-0.25, -0.2) is 4.39 Å². The molecule has 3 aromatic rings. The number of nitrogens with zero attached hydrogens (tertiary/aromatic N) is 1. The zero-order valence-electron chi connectivity index (χ0n) is 16.5. The van der Waals surface area contributed by atoms with Crippen molar-refractivity contribution in [2.24, 2.45) is 0 Å². The van der Waals surface area contributed by atoms with Gasteiger partial charge in [0.1, 0.15) is 29.8 Å². The standard InChI is InChI=1S/C24H17FI2N2O2/c1-15-5-4-7-19(9-15)29-24(30)18(13-28)10-16-11-21(26)23(22(27)12-16)31-14-17-6-2-3-8-20(17)25/h2-12H,14H2,1H3,(H,29,30)/b18-10-. The van der Waals surface area contributed by atoms with Crippen LogP contribution in [0.15, 0.2) is 66.2 Å². The summed E-state index contributed by atoms with van der Waals surface area (Å²) in [4.78, 5) is 12.5. The van der Waals surface area contributed by atoms with Crippen LogP contribution in [0.3, 0.4) is 0 Å². The Balaban J connectivity index is 1.78. The number of carbonyl (C=O) groups is 1. The fraction of sp³-hybridized carbons (Fsp3) is 0.0833. The Kier molecular flexibility index (Phi) is 8.03. The van der Waals surface area contributed by atoms with Crippen molar-refractivity contribution in [3.8, 4) is 11.8 Å². The minimum Gasteiger partial charge on any atom is -0.487 e. The first kappa shape index (κ1) is 23.2. The molecule has 4 nitrogen and oxygen atoms in total. The first-order valence-corrected chi connectivity index (χ1v) is 11.4. The molecule has 3 aromatic carbocycles. The molecule has 0 aliphatic rings. The predicted molar refractivity (Wildman–Crippen MR) is 136 cm³/mol. The van der Waals surface area contributed by atoms with Gasteiger partial charge in [-0.05, 0) is 99.6 Å². The molecule has 0 unspecified atom stereocenters. The summed E-state index contributed by atoms with van der Waals surface area (Å²) in [5, 5.41) is 12.2. The fourth-order valence-corrected chi connectivity index (χ4v) is 4.93. The molecule has 0 aliphatic carbocycles. The van der Waals surface area contributed by atoms with Gasteiger partial charge in [-0.15, -0.1) is 0 Å². The fourth-order valence-electron chi connectivity index (χ4n) is 2.80. The van der Waals surface area contributed by atoms with Crippen molar-refractivity contribution in [1.82, 2.24) is 0 Å². The van der Waals surface area contributed by atoms with E-state index in [0.717, 1.165) is 12.7 Å². The zero-order valence-corrected chi connectivity index (χ0v) is 20.8. The van der Waals surface area contributed by atoms with Gasteiger partial charge >= 0.3 is 0 Å².